The Labute approximate surface area is 176 Å². The molecule has 30 heavy (non-hydrogen) atoms. The van der Waals surface area contributed by atoms with Gasteiger partial charge in [-0.3, -0.25) is 4.79 Å². The van der Waals surface area contributed by atoms with Crippen molar-refractivity contribution in [2.45, 2.75) is 39.4 Å². The Morgan fingerprint density at radius 1 is 1.20 bits per heavy atom. The standard InChI is InChI=1S/C24H28N2O4/c1-2-21-22(12-24(27)25-13-18-9-10-28-15-18)26-30-23(21)16-29-14-17-7-8-19-5-3-4-6-20(19)11-17/h3-8,11,18H,2,9-10,12-16H2,1H3,(H,25,27). The van der Waals surface area contributed by atoms with E-state index >= 15 is 0 Å². The molecule has 1 aliphatic heterocycles. The Morgan fingerprint density at radius 3 is 2.87 bits per heavy atom. The fraction of sp³-hybridized carbons (Fsp3) is 0.417. The van der Waals surface area contributed by atoms with Crippen molar-refractivity contribution >= 4 is 16.7 Å². The molecule has 158 valence electrons. The molecule has 0 aliphatic carbocycles. The van der Waals surface area contributed by atoms with E-state index in [0.29, 0.717) is 37.1 Å². The van der Waals surface area contributed by atoms with Gasteiger partial charge in [-0.15, -0.1) is 0 Å². The van der Waals surface area contributed by atoms with Crippen LogP contribution in [0.15, 0.2) is 47.0 Å². The van der Waals surface area contributed by atoms with Gasteiger partial charge in [-0.25, -0.2) is 0 Å². The number of nitrogens with one attached hydrogen (secondary N) is 1. The minimum Gasteiger partial charge on any atom is -0.381 e. The van der Waals surface area contributed by atoms with Crippen molar-refractivity contribution in [3.63, 3.8) is 0 Å². The van der Waals surface area contributed by atoms with Crippen LogP contribution in [0, 0.1) is 5.92 Å². The lowest BCUT2D eigenvalue weighted by Crippen LogP contribution is -2.31. The fourth-order valence-corrected chi connectivity index (χ4v) is 3.84. The highest BCUT2D eigenvalue weighted by Crippen LogP contribution is 2.20. The molecular formula is C24H28N2O4. The van der Waals surface area contributed by atoms with Crippen molar-refractivity contribution in [3.8, 4) is 0 Å². The normalized spacial score (nSPS) is 16.2. The van der Waals surface area contributed by atoms with E-state index in [2.05, 4.69) is 40.8 Å². The van der Waals surface area contributed by atoms with Crippen LogP contribution < -0.4 is 5.32 Å². The summed E-state index contributed by atoms with van der Waals surface area (Å²) in [6.07, 6.45) is 1.98. The molecule has 6 nitrogen and oxygen atoms in total. The molecule has 1 saturated heterocycles. The third-order valence-corrected chi connectivity index (χ3v) is 5.56. The molecule has 2 aromatic carbocycles. The SMILES string of the molecule is CCc1c(CC(=O)NCC2CCOC2)noc1COCc1ccc2ccccc2c1. The zero-order valence-electron chi connectivity index (χ0n) is 17.4. The van der Waals surface area contributed by atoms with Crippen LogP contribution in [-0.4, -0.2) is 30.8 Å². The highest BCUT2D eigenvalue weighted by molar-refractivity contribution is 5.83. The smallest absolute Gasteiger partial charge is 0.226 e. The minimum atomic E-state index is -0.0338. The number of benzene rings is 2. The second kappa shape index (κ2) is 9.87. The monoisotopic (exact) mass is 408 g/mol. The summed E-state index contributed by atoms with van der Waals surface area (Å²) < 4.78 is 16.7. The third kappa shape index (κ3) is 5.07. The number of ether oxygens (including phenoxy) is 2. The summed E-state index contributed by atoms with van der Waals surface area (Å²) in [5, 5.41) is 9.53. The highest BCUT2D eigenvalue weighted by Gasteiger charge is 2.19. The number of amides is 1. The van der Waals surface area contributed by atoms with Crippen molar-refractivity contribution in [3.05, 3.63) is 65.0 Å². The molecule has 1 amide bonds. The molecule has 6 heteroatoms. The summed E-state index contributed by atoms with van der Waals surface area (Å²) in [4.78, 5) is 12.3. The first-order valence-corrected chi connectivity index (χ1v) is 10.6. The molecule has 2 heterocycles. The molecule has 1 fully saturated rings. The first-order valence-electron chi connectivity index (χ1n) is 10.6. The van der Waals surface area contributed by atoms with E-state index in [1.54, 1.807) is 0 Å². The lowest BCUT2D eigenvalue weighted by Gasteiger charge is -2.09. The molecule has 0 spiro atoms. The van der Waals surface area contributed by atoms with E-state index in [0.717, 1.165) is 37.2 Å². The molecular weight excluding hydrogens is 380 g/mol. The zero-order valence-corrected chi connectivity index (χ0v) is 17.4. The summed E-state index contributed by atoms with van der Waals surface area (Å²) in [7, 11) is 0. The van der Waals surface area contributed by atoms with Crippen LogP contribution in [0.2, 0.25) is 0 Å². The molecule has 0 bridgehead atoms. The van der Waals surface area contributed by atoms with Gasteiger partial charge in [0.05, 0.1) is 25.3 Å². The second-order valence-electron chi connectivity index (χ2n) is 7.77. The average Bonchev–Trinajstić information content (AvgIpc) is 3.42. The molecule has 3 aromatic rings. The van der Waals surface area contributed by atoms with Gasteiger partial charge in [0.2, 0.25) is 5.91 Å². The van der Waals surface area contributed by atoms with Crippen LogP contribution in [0.3, 0.4) is 0 Å². The minimum absolute atomic E-state index is 0.0338. The molecule has 1 N–H and O–H groups in total. The average molecular weight is 408 g/mol. The van der Waals surface area contributed by atoms with Crippen LogP contribution in [0.5, 0.6) is 0 Å². The van der Waals surface area contributed by atoms with Crippen LogP contribution in [0.4, 0.5) is 0 Å². The van der Waals surface area contributed by atoms with Crippen molar-refractivity contribution in [1.82, 2.24) is 10.5 Å². The van der Waals surface area contributed by atoms with E-state index in [1.165, 1.54) is 10.8 Å². The van der Waals surface area contributed by atoms with Gasteiger partial charge >= 0.3 is 0 Å². The van der Waals surface area contributed by atoms with E-state index in [-0.39, 0.29) is 12.3 Å². The zero-order chi connectivity index (χ0) is 20.8. The Morgan fingerprint density at radius 2 is 2.07 bits per heavy atom. The van der Waals surface area contributed by atoms with E-state index in [4.69, 9.17) is 14.0 Å². The van der Waals surface area contributed by atoms with Gasteiger partial charge in [-0.1, -0.05) is 48.5 Å². The molecule has 1 unspecified atom stereocenters. The number of carbonyl (C=O) groups excluding carboxylic acids is 1. The first-order chi connectivity index (χ1) is 14.7. The summed E-state index contributed by atoms with van der Waals surface area (Å²) in [5.74, 6) is 1.08. The maximum absolute atomic E-state index is 12.3. The molecule has 4 rings (SSSR count). The van der Waals surface area contributed by atoms with Gasteiger partial charge in [-0.05, 0) is 35.2 Å². The number of fused-ring (bicyclic) bond motifs is 1. The molecule has 1 aliphatic rings. The van der Waals surface area contributed by atoms with Crippen LogP contribution in [0.1, 0.15) is 35.9 Å². The van der Waals surface area contributed by atoms with Gasteiger partial charge in [0.25, 0.3) is 0 Å². The predicted molar refractivity (Wildman–Crippen MR) is 114 cm³/mol. The topological polar surface area (TPSA) is 73.6 Å². The van der Waals surface area contributed by atoms with Gasteiger partial charge in [0, 0.05) is 24.6 Å². The molecule has 1 atom stereocenters. The first kappa shape index (κ1) is 20.6. The maximum Gasteiger partial charge on any atom is 0.226 e. The Kier molecular flexibility index (Phi) is 6.77. The lowest BCUT2D eigenvalue weighted by molar-refractivity contribution is -0.120. The Bertz CT molecular complexity index is 992. The van der Waals surface area contributed by atoms with E-state index in [1.807, 2.05) is 19.1 Å². The summed E-state index contributed by atoms with van der Waals surface area (Å²) in [5.41, 5.74) is 2.77. The molecule has 1 aromatic heterocycles. The van der Waals surface area contributed by atoms with Crippen molar-refractivity contribution in [2.24, 2.45) is 5.92 Å². The quantitative estimate of drug-likeness (QED) is 0.583. The predicted octanol–water partition coefficient (Wildman–Crippen LogP) is 3.80. The van der Waals surface area contributed by atoms with Crippen LogP contribution in [-0.2, 0) is 40.3 Å². The molecule has 0 saturated carbocycles. The number of rotatable bonds is 9. The summed E-state index contributed by atoms with van der Waals surface area (Å²) in [6.45, 7) is 5.03. The number of hydrogen-bond donors (Lipinski definition) is 1. The second-order valence-corrected chi connectivity index (χ2v) is 7.77. The lowest BCUT2D eigenvalue weighted by atomic mass is 10.1. The third-order valence-electron chi connectivity index (χ3n) is 5.56. The molecule has 0 radical (unpaired) electrons. The van der Waals surface area contributed by atoms with Gasteiger partial charge in [0.1, 0.15) is 6.61 Å². The largest absolute Gasteiger partial charge is 0.381 e. The van der Waals surface area contributed by atoms with Crippen LogP contribution in [0.25, 0.3) is 10.8 Å². The van der Waals surface area contributed by atoms with Crippen LogP contribution >= 0.6 is 0 Å². The van der Waals surface area contributed by atoms with Gasteiger partial charge < -0.3 is 19.3 Å². The highest BCUT2D eigenvalue weighted by atomic mass is 16.5. The van der Waals surface area contributed by atoms with Crippen molar-refractivity contribution in [2.75, 3.05) is 19.8 Å². The number of nitrogens with zero attached hydrogens (tertiary/aromatic N) is 1. The Hall–Kier alpha value is -2.70. The van der Waals surface area contributed by atoms with E-state index < -0.39 is 0 Å². The van der Waals surface area contributed by atoms with Gasteiger partial charge in [-0.2, -0.15) is 0 Å². The van der Waals surface area contributed by atoms with Crippen molar-refractivity contribution in [1.29, 1.82) is 0 Å². The van der Waals surface area contributed by atoms with E-state index in [9.17, 15) is 4.79 Å². The summed E-state index contributed by atoms with van der Waals surface area (Å²) >= 11 is 0. The number of carbonyl (C=O) groups is 1. The fourth-order valence-electron chi connectivity index (χ4n) is 3.84. The summed E-state index contributed by atoms with van der Waals surface area (Å²) in [6, 6.07) is 14.6. The number of hydrogen-bond acceptors (Lipinski definition) is 5. The maximum atomic E-state index is 12.3. The number of aromatic nitrogens is 1. The Balaban J connectivity index is 1.30. The van der Waals surface area contributed by atoms with Gasteiger partial charge in [0.15, 0.2) is 5.76 Å². The van der Waals surface area contributed by atoms with Crippen molar-refractivity contribution < 1.29 is 18.8 Å².